The van der Waals surface area contributed by atoms with Crippen molar-refractivity contribution in [2.24, 2.45) is 0 Å². The van der Waals surface area contributed by atoms with Gasteiger partial charge < -0.3 is 4.74 Å². The zero-order chi connectivity index (χ0) is 39.6. The summed E-state index contributed by atoms with van der Waals surface area (Å²) >= 11 is 0. The highest BCUT2D eigenvalue weighted by molar-refractivity contribution is 6.05. The Kier molecular flexibility index (Phi) is 7.69. The van der Waals surface area contributed by atoms with Gasteiger partial charge in [0.05, 0.1) is 16.8 Å². The van der Waals surface area contributed by atoms with Crippen LogP contribution in [-0.4, -0.2) is 19.9 Å². The number of aromatic nitrogens is 4. The van der Waals surface area contributed by atoms with Crippen molar-refractivity contribution in [3.8, 4) is 79.3 Å². The molecule has 0 fully saturated rings. The van der Waals surface area contributed by atoms with Crippen LogP contribution < -0.4 is 4.74 Å². The van der Waals surface area contributed by atoms with Crippen LogP contribution in [-0.2, 0) is 5.41 Å². The van der Waals surface area contributed by atoms with Crippen molar-refractivity contribution < 1.29 is 4.74 Å². The number of para-hydroxylation sites is 1. The van der Waals surface area contributed by atoms with Gasteiger partial charge in [0.25, 0.3) is 0 Å². The van der Waals surface area contributed by atoms with E-state index in [1.807, 2.05) is 60.7 Å². The van der Waals surface area contributed by atoms with Gasteiger partial charge in [-0.1, -0.05) is 182 Å². The molecule has 2 aliphatic rings. The molecule has 0 N–H and O–H groups in total. The van der Waals surface area contributed by atoms with Crippen molar-refractivity contribution in [3.05, 3.63) is 229 Å². The predicted molar refractivity (Wildman–Crippen MR) is 240 cm³/mol. The lowest BCUT2D eigenvalue weighted by atomic mass is 9.65. The van der Waals surface area contributed by atoms with E-state index in [-0.39, 0.29) is 0 Å². The number of fused-ring (bicyclic) bond motifs is 11. The molecule has 5 heteroatoms. The molecule has 0 amide bonds. The van der Waals surface area contributed by atoms with Crippen molar-refractivity contribution in [1.82, 2.24) is 19.9 Å². The van der Waals surface area contributed by atoms with Crippen molar-refractivity contribution in [3.63, 3.8) is 0 Å². The first-order valence-electron chi connectivity index (χ1n) is 20.2. The van der Waals surface area contributed by atoms with Crippen LogP contribution >= 0.6 is 0 Å². The maximum atomic E-state index is 6.85. The highest BCUT2D eigenvalue weighted by atomic mass is 16.5. The summed E-state index contributed by atoms with van der Waals surface area (Å²) < 4.78 is 6.85. The van der Waals surface area contributed by atoms with Crippen LogP contribution in [0.4, 0.5) is 0 Å². The maximum absolute atomic E-state index is 6.85. The molecule has 2 aromatic heterocycles. The molecule has 0 saturated heterocycles. The van der Waals surface area contributed by atoms with Gasteiger partial charge in [-0.25, -0.2) is 19.9 Å². The third-order valence-corrected chi connectivity index (χ3v) is 12.0. The summed E-state index contributed by atoms with van der Waals surface area (Å²) in [5, 5.41) is 2.29. The molecule has 1 spiro atoms. The second-order valence-electron chi connectivity index (χ2n) is 15.3. The number of benzene rings is 8. The summed E-state index contributed by atoms with van der Waals surface area (Å²) in [5.41, 5.74) is 12.9. The van der Waals surface area contributed by atoms with Gasteiger partial charge in [0.1, 0.15) is 11.5 Å². The van der Waals surface area contributed by atoms with E-state index < -0.39 is 5.41 Å². The second kappa shape index (κ2) is 13.5. The van der Waals surface area contributed by atoms with Gasteiger partial charge in [0.15, 0.2) is 17.5 Å². The van der Waals surface area contributed by atoms with Crippen LogP contribution in [0.25, 0.3) is 78.6 Å². The molecule has 280 valence electrons. The Hall–Kier alpha value is -8.02. The number of hydrogen-bond donors (Lipinski definition) is 0. The highest BCUT2D eigenvalue weighted by Crippen LogP contribution is 2.63. The van der Waals surface area contributed by atoms with Crippen molar-refractivity contribution in [1.29, 1.82) is 0 Å². The first-order valence-corrected chi connectivity index (χ1v) is 20.2. The van der Waals surface area contributed by atoms with Crippen molar-refractivity contribution >= 4 is 10.8 Å². The van der Waals surface area contributed by atoms with Crippen molar-refractivity contribution in [2.45, 2.75) is 5.41 Å². The van der Waals surface area contributed by atoms with Crippen LogP contribution in [0.3, 0.4) is 0 Å². The number of nitrogens with zero attached hydrogens (tertiary/aromatic N) is 4. The van der Waals surface area contributed by atoms with Crippen LogP contribution in [0.1, 0.15) is 22.3 Å². The summed E-state index contributed by atoms with van der Waals surface area (Å²) in [6.45, 7) is 0. The quantitative estimate of drug-likeness (QED) is 0.175. The Morgan fingerprint density at radius 3 is 1.55 bits per heavy atom. The van der Waals surface area contributed by atoms with Gasteiger partial charge in [-0.3, -0.25) is 0 Å². The van der Waals surface area contributed by atoms with Crippen LogP contribution in [0.15, 0.2) is 206 Å². The minimum atomic E-state index is -0.713. The van der Waals surface area contributed by atoms with E-state index in [0.717, 1.165) is 78.3 Å². The molecule has 3 heterocycles. The Morgan fingerprint density at radius 2 is 0.833 bits per heavy atom. The Balaban J connectivity index is 1.08. The summed E-state index contributed by atoms with van der Waals surface area (Å²) in [4.78, 5) is 20.6. The number of ether oxygens (including phenoxy) is 1. The average molecular weight is 767 g/mol. The number of hydrogen-bond acceptors (Lipinski definition) is 5. The summed E-state index contributed by atoms with van der Waals surface area (Å²) in [5.74, 6) is 3.54. The fourth-order valence-corrected chi connectivity index (χ4v) is 9.36. The zero-order valence-corrected chi connectivity index (χ0v) is 32.3. The lowest BCUT2D eigenvalue weighted by Crippen LogP contribution is -2.32. The predicted octanol–water partition coefficient (Wildman–Crippen LogP) is 13.2. The summed E-state index contributed by atoms with van der Waals surface area (Å²) in [6, 6.07) is 71.9. The molecule has 60 heavy (non-hydrogen) atoms. The number of pyridine rings is 1. The highest BCUT2D eigenvalue weighted by Gasteiger charge is 2.53. The largest absolute Gasteiger partial charge is 0.457 e. The van der Waals surface area contributed by atoms with Crippen molar-refractivity contribution in [2.75, 3.05) is 0 Å². The minimum Gasteiger partial charge on any atom is -0.457 e. The molecule has 10 aromatic rings. The van der Waals surface area contributed by atoms with Gasteiger partial charge in [-0.2, -0.15) is 0 Å². The van der Waals surface area contributed by atoms with E-state index in [1.165, 1.54) is 16.5 Å². The molecule has 1 atom stereocenters. The molecule has 0 radical (unpaired) electrons. The molecule has 5 nitrogen and oxygen atoms in total. The normalized spacial score (nSPS) is 14.5. The fourth-order valence-electron chi connectivity index (χ4n) is 9.36. The van der Waals surface area contributed by atoms with E-state index in [4.69, 9.17) is 24.7 Å². The van der Waals surface area contributed by atoms with E-state index >= 15 is 0 Å². The topological polar surface area (TPSA) is 60.8 Å². The van der Waals surface area contributed by atoms with E-state index in [1.54, 1.807) is 0 Å². The van der Waals surface area contributed by atoms with Gasteiger partial charge in [0.2, 0.25) is 0 Å². The van der Waals surface area contributed by atoms with Gasteiger partial charge in [0, 0.05) is 49.9 Å². The Bertz CT molecular complexity index is 3240. The van der Waals surface area contributed by atoms with Gasteiger partial charge >= 0.3 is 0 Å². The molecular weight excluding hydrogens is 733 g/mol. The van der Waals surface area contributed by atoms with E-state index in [2.05, 4.69) is 146 Å². The number of rotatable bonds is 5. The second-order valence-corrected chi connectivity index (χ2v) is 15.3. The monoisotopic (exact) mass is 766 g/mol. The maximum Gasteiger partial charge on any atom is 0.164 e. The summed E-state index contributed by atoms with van der Waals surface area (Å²) in [6.07, 6.45) is 0. The SMILES string of the molecule is c1ccc(-c2nc(-c3ccccc3)nc(-c3cccc(-c4ccc5c(c4)C4(c6ccccc6O5)c5ccccc5-c5nc(-c6ccccc6)c6ccccc6c54)c3)n2)cc1. The average Bonchev–Trinajstić information content (AvgIpc) is 3.62. The third kappa shape index (κ3) is 5.19. The smallest absolute Gasteiger partial charge is 0.164 e. The molecule has 0 saturated carbocycles. The van der Waals surface area contributed by atoms with Gasteiger partial charge in [-0.05, 0) is 46.3 Å². The lowest BCUT2D eigenvalue weighted by Gasteiger charge is -2.40. The molecule has 1 aliphatic carbocycles. The molecule has 8 aromatic carbocycles. The summed E-state index contributed by atoms with van der Waals surface area (Å²) in [7, 11) is 0. The lowest BCUT2D eigenvalue weighted by molar-refractivity contribution is 0.437. The third-order valence-electron chi connectivity index (χ3n) is 12.0. The van der Waals surface area contributed by atoms with E-state index in [0.29, 0.717) is 17.5 Å². The standard InChI is InChI=1S/C55H34N4O/c1-4-17-35(18-5-1)50-42-26-11-10-25-41(42)49-51(56-50)43-27-12-13-28-44(43)55(49)45-29-14-15-30-47(45)60-48-32-31-39(34-46(48)55)38-23-16-24-40(33-38)54-58-52(36-19-6-2-7-20-36)57-53(59-54)37-21-8-3-9-22-37/h1-34H. The first-order chi connectivity index (χ1) is 29.7. The van der Waals surface area contributed by atoms with Crippen LogP contribution in [0.2, 0.25) is 0 Å². The molecule has 12 rings (SSSR count). The Morgan fingerprint density at radius 1 is 0.317 bits per heavy atom. The van der Waals surface area contributed by atoms with Gasteiger partial charge in [-0.15, -0.1) is 0 Å². The van der Waals surface area contributed by atoms with E-state index in [9.17, 15) is 0 Å². The Labute approximate surface area is 347 Å². The molecule has 1 unspecified atom stereocenters. The minimum absolute atomic E-state index is 0.613. The zero-order valence-electron chi connectivity index (χ0n) is 32.3. The molecule has 0 bridgehead atoms. The fraction of sp³-hybridized carbons (Fsp3) is 0.0182. The van der Waals surface area contributed by atoms with Crippen LogP contribution in [0, 0.1) is 0 Å². The molecule has 1 aliphatic heterocycles. The van der Waals surface area contributed by atoms with Crippen LogP contribution in [0.5, 0.6) is 11.5 Å². The molecular formula is C55H34N4O. The first kappa shape index (κ1) is 34.1.